The maximum absolute atomic E-state index is 12.3. The minimum Gasteiger partial charge on any atom is -0.466 e. The highest BCUT2D eigenvalue weighted by Gasteiger charge is 2.47. The van der Waals surface area contributed by atoms with E-state index in [1.165, 1.54) is 0 Å². The average molecular weight is 270 g/mol. The monoisotopic (exact) mass is 270 g/mol. The van der Waals surface area contributed by atoms with E-state index in [-0.39, 0.29) is 30.7 Å². The molecule has 1 aliphatic carbocycles. The number of ether oxygens (including phenoxy) is 2. The van der Waals surface area contributed by atoms with Gasteiger partial charge in [-0.05, 0) is 32.6 Å². The Labute approximate surface area is 115 Å². The Bertz CT molecular complexity index is 313. The molecule has 4 nitrogen and oxygen atoms in total. The Morgan fingerprint density at radius 1 is 1.21 bits per heavy atom. The van der Waals surface area contributed by atoms with Gasteiger partial charge in [0.25, 0.3) is 0 Å². The van der Waals surface area contributed by atoms with Gasteiger partial charge in [-0.15, -0.1) is 0 Å². The molecule has 0 aliphatic heterocycles. The molecule has 1 aliphatic rings. The minimum absolute atomic E-state index is 0.00338. The number of esters is 1. The van der Waals surface area contributed by atoms with Gasteiger partial charge in [-0.3, -0.25) is 9.59 Å². The molecule has 4 heteroatoms. The van der Waals surface area contributed by atoms with Crippen molar-refractivity contribution in [1.82, 2.24) is 0 Å². The average Bonchev–Trinajstić information content (AvgIpc) is 2.39. The molecule has 19 heavy (non-hydrogen) atoms. The first kappa shape index (κ1) is 16.2. The summed E-state index contributed by atoms with van der Waals surface area (Å²) in [6.45, 7) is 6.72. The standard InChI is InChI=1S/C15H26O4/c1-4-18-11-13(16)10-15(14(17)19-5-2)9-7-6-8-12(15)3/h12H,4-11H2,1-3H3. The van der Waals surface area contributed by atoms with E-state index in [0.717, 1.165) is 25.7 Å². The van der Waals surface area contributed by atoms with Crippen LogP contribution in [0.3, 0.4) is 0 Å². The van der Waals surface area contributed by atoms with Gasteiger partial charge < -0.3 is 9.47 Å². The number of carbonyl (C=O) groups excluding carboxylic acids is 2. The predicted octanol–water partition coefficient (Wildman–Crippen LogP) is 2.74. The number of carbonyl (C=O) groups is 2. The fraction of sp³-hybridized carbons (Fsp3) is 0.867. The lowest BCUT2D eigenvalue weighted by Crippen LogP contribution is -2.43. The smallest absolute Gasteiger partial charge is 0.312 e. The van der Waals surface area contributed by atoms with Crippen molar-refractivity contribution >= 4 is 11.8 Å². The van der Waals surface area contributed by atoms with Crippen molar-refractivity contribution in [1.29, 1.82) is 0 Å². The highest BCUT2D eigenvalue weighted by molar-refractivity contribution is 5.88. The van der Waals surface area contributed by atoms with E-state index in [4.69, 9.17) is 9.47 Å². The molecule has 0 spiro atoms. The van der Waals surface area contributed by atoms with E-state index in [1.54, 1.807) is 6.92 Å². The van der Waals surface area contributed by atoms with Crippen molar-refractivity contribution < 1.29 is 19.1 Å². The highest BCUT2D eigenvalue weighted by Crippen LogP contribution is 2.45. The van der Waals surface area contributed by atoms with Crippen LogP contribution < -0.4 is 0 Å². The van der Waals surface area contributed by atoms with Crippen molar-refractivity contribution in [3.8, 4) is 0 Å². The number of ketones is 1. The molecule has 0 saturated heterocycles. The molecular formula is C15H26O4. The summed E-state index contributed by atoms with van der Waals surface area (Å²) < 4.78 is 10.4. The third kappa shape index (κ3) is 4.03. The molecule has 2 atom stereocenters. The van der Waals surface area contributed by atoms with Crippen LogP contribution in [0.15, 0.2) is 0 Å². The molecular weight excluding hydrogens is 244 g/mol. The molecule has 0 aromatic heterocycles. The summed E-state index contributed by atoms with van der Waals surface area (Å²) in [5, 5.41) is 0. The molecule has 0 heterocycles. The molecule has 110 valence electrons. The molecule has 2 unspecified atom stereocenters. The summed E-state index contributed by atoms with van der Waals surface area (Å²) in [5.41, 5.74) is -0.623. The Hall–Kier alpha value is -0.900. The van der Waals surface area contributed by atoms with Crippen LogP contribution in [0.25, 0.3) is 0 Å². The van der Waals surface area contributed by atoms with Crippen LogP contribution in [0.2, 0.25) is 0 Å². The van der Waals surface area contributed by atoms with Crippen LogP contribution in [0.1, 0.15) is 52.9 Å². The molecule has 0 aromatic rings. The third-order valence-electron chi connectivity index (χ3n) is 4.12. The maximum Gasteiger partial charge on any atom is 0.312 e. The second kappa shape index (κ2) is 7.63. The Kier molecular flexibility index (Phi) is 6.49. The van der Waals surface area contributed by atoms with Gasteiger partial charge >= 0.3 is 5.97 Å². The fourth-order valence-electron chi connectivity index (χ4n) is 2.95. The normalized spacial score (nSPS) is 27.0. The van der Waals surface area contributed by atoms with Gasteiger partial charge in [-0.1, -0.05) is 19.8 Å². The molecule has 0 N–H and O–H groups in total. The molecule has 0 radical (unpaired) electrons. The summed E-state index contributed by atoms with van der Waals surface area (Å²) in [6, 6.07) is 0. The summed E-state index contributed by atoms with van der Waals surface area (Å²) in [4.78, 5) is 24.3. The first-order valence-corrected chi connectivity index (χ1v) is 7.33. The lowest BCUT2D eigenvalue weighted by Gasteiger charge is -2.39. The minimum atomic E-state index is -0.623. The van der Waals surface area contributed by atoms with Crippen LogP contribution in [0.4, 0.5) is 0 Å². The van der Waals surface area contributed by atoms with Crippen molar-refractivity contribution in [2.24, 2.45) is 11.3 Å². The molecule has 0 aromatic carbocycles. The zero-order chi connectivity index (χ0) is 14.3. The summed E-state index contributed by atoms with van der Waals surface area (Å²) >= 11 is 0. The van der Waals surface area contributed by atoms with E-state index in [9.17, 15) is 9.59 Å². The molecule has 1 fully saturated rings. The lowest BCUT2D eigenvalue weighted by molar-refractivity contribution is -0.164. The van der Waals surface area contributed by atoms with Crippen LogP contribution in [0, 0.1) is 11.3 Å². The summed E-state index contributed by atoms with van der Waals surface area (Å²) in [6.07, 6.45) is 4.12. The van der Waals surface area contributed by atoms with E-state index >= 15 is 0 Å². The maximum atomic E-state index is 12.3. The molecule has 0 amide bonds. The Balaban J connectivity index is 2.79. The molecule has 0 bridgehead atoms. The third-order valence-corrected chi connectivity index (χ3v) is 4.12. The van der Waals surface area contributed by atoms with Gasteiger partial charge in [-0.2, -0.15) is 0 Å². The van der Waals surface area contributed by atoms with Crippen molar-refractivity contribution in [3.05, 3.63) is 0 Å². The highest BCUT2D eigenvalue weighted by atomic mass is 16.5. The summed E-state index contributed by atoms with van der Waals surface area (Å²) in [7, 11) is 0. The van der Waals surface area contributed by atoms with Gasteiger partial charge in [0.2, 0.25) is 0 Å². The van der Waals surface area contributed by atoms with Crippen LogP contribution in [-0.2, 0) is 19.1 Å². The molecule has 1 rings (SSSR count). The second-order valence-electron chi connectivity index (χ2n) is 5.38. The second-order valence-corrected chi connectivity index (χ2v) is 5.38. The lowest BCUT2D eigenvalue weighted by atomic mass is 9.64. The van der Waals surface area contributed by atoms with Gasteiger partial charge in [0.1, 0.15) is 6.61 Å². The van der Waals surface area contributed by atoms with E-state index in [0.29, 0.717) is 13.2 Å². The van der Waals surface area contributed by atoms with Crippen molar-refractivity contribution in [2.45, 2.75) is 52.9 Å². The predicted molar refractivity (Wildman–Crippen MR) is 72.8 cm³/mol. The van der Waals surface area contributed by atoms with E-state index < -0.39 is 5.41 Å². The fourth-order valence-corrected chi connectivity index (χ4v) is 2.95. The Morgan fingerprint density at radius 2 is 1.95 bits per heavy atom. The molecule has 1 saturated carbocycles. The van der Waals surface area contributed by atoms with Gasteiger partial charge in [0.15, 0.2) is 5.78 Å². The van der Waals surface area contributed by atoms with Crippen molar-refractivity contribution in [3.63, 3.8) is 0 Å². The van der Waals surface area contributed by atoms with Crippen molar-refractivity contribution in [2.75, 3.05) is 19.8 Å². The van der Waals surface area contributed by atoms with Gasteiger partial charge in [0, 0.05) is 13.0 Å². The number of hydrogen-bond acceptors (Lipinski definition) is 4. The van der Waals surface area contributed by atoms with Crippen LogP contribution in [0.5, 0.6) is 0 Å². The Morgan fingerprint density at radius 3 is 2.53 bits per heavy atom. The van der Waals surface area contributed by atoms with Crippen LogP contribution in [-0.4, -0.2) is 31.6 Å². The van der Waals surface area contributed by atoms with E-state index in [2.05, 4.69) is 6.92 Å². The SMILES string of the molecule is CCOCC(=O)CC1(C(=O)OCC)CCCCC1C. The number of hydrogen-bond donors (Lipinski definition) is 0. The van der Waals surface area contributed by atoms with E-state index in [1.807, 2.05) is 6.92 Å². The zero-order valence-corrected chi connectivity index (χ0v) is 12.4. The first-order valence-electron chi connectivity index (χ1n) is 7.33. The number of rotatable bonds is 7. The number of Topliss-reactive ketones (excluding diaryl/α,β-unsaturated/α-hetero) is 1. The quantitative estimate of drug-likeness (QED) is 0.667. The zero-order valence-electron chi connectivity index (χ0n) is 12.4. The van der Waals surface area contributed by atoms with Gasteiger partial charge in [-0.25, -0.2) is 0 Å². The van der Waals surface area contributed by atoms with Crippen LogP contribution >= 0.6 is 0 Å². The first-order chi connectivity index (χ1) is 9.06. The topological polar surface area (TPSA) is 52.6 Å². The largest absolute Gasteiger partial charge is 0.466 e. The van der Waals surface area contributed by atoms with Gasteiger partial charge in [0.05, 0.1) is 12.0 Å². The summed E-state index contributed by atoms with van der Waals surface area (Å²) in [5.74, 6) is 0.00146.